The van der Waals surface area contributed by atoms with Gasteiger partial charge in [0.25, 0.3) is 5.69 Å². The molecule has 0 spiro atoms. The maximum absolute atomic E-state index is 10.9. The number of nitrogens with one attached hydrogen (secondary N) is 2. The molecule has 1 aliphatic carbocycles. The van der Waals surface area contributed by atoms with E-state index in [9.17, 15) is 10.1 Å². The lowest BCUT2D eigenvalue weighted by molar-refractivity contribution is -1.03. The Morgan fingerprint density at radius 1 is 1.09 bits per heavy atom. The lowest BCUT2D eigenvalue weighted by atomic mass is 9.94. The van der Waals surface area contributed by atoms with Crippen LogP contribution in [-0.2, 0) is 6.54 Å². The van der Waals surface area contributed by atoms with E-state index in [1.54, 1.807) is 23.1 Å². The highest BCUT2D eigenvalue weighted by Gasteiger charge is 2.30. The SMILES string of the molecule is O=[N+]([O-])c1cccc(C[NH+]2CC[NH+](C3CCCCC3)CC2)c1. The Balaban J connectivity index is 1.51. The predicted molar refractivity (Wildman–Crippen MR) is 85.1 cm³/mol. The van der Waals surface area contributed by atoms with Crippen LogP contribution in [-0.4, -0.2) is 37.1 Å². The lowest BCUT2D eigenvalue weighted by Gasteiger charge is -2.36. The number of nitro groups is 1. The molecule has 22 heavy (non-hydrogen) atoms. The second kappa shape index (κ2) is 7.20. The van der Waals surface area contributed by atoms with Crippen molar-refractivity contribution in [2.75, 3.05) is 26.2 Å². The summed E-state index contributed by atoms with van der Waals surface area (Å²) < 4.78 is 0. The molecule has 5 nitrogen and oxygen atoms in total. The number of rotatable bonds is 4. The third-order valence-electron chi connectivity index (χ3n) is 5.36. The van der Waals surface area contributed by atoms with Crippen LogP contribution in [0.15, 0.2) is 24.3 Å². The van der Waals surface area contributed by atoms with Crippen molar-refractivity contribution in [2.45, 2.75) is 44.7 Å². The molecule has 1 aromatic rings. The van der Waals surface area contributed by atoms with Gasteiger partial charge in [-0.15, -0.1) is 0 Å². The molecule has 2 fully saturated rings. The molecule has 1 saturated heterocycles. The molecule has 1 aromatic carbocycles. The van der Waals surface area contributed by atoms with E-state index >= 15 is 0 Å². The number of piperazine rings is 1. The zero-order valence-electron chi connectivity index (χ0n) is 13.2. The summed E-state index contributed by atoms with van der Waals surface area (Å²) >= 11 is 0. The number of nitrogens with zero attached hydrogens (tertiary/aromatic N) is 1. The smallest absolute Gasteiger partial charge is 0.269 e. The highest BCUT2D eigenvalue weighted by Crippen LogP contribution is 2.15. The van der Waals surface area contributed by atoms with Gasteiger partial charge in [0.1, 0.15) is 32.7 Å². The Kier molecular flexibility index (Phi) is 5.05. The molecule has 0 atom stereocenters. The summed E-state index contributed by atoms with van der Waals surface area (Å²) in [6.45, 7) is 5.81. The molecule has 1 heterocycles. The predicted octanol–water partition coefficient (Wildman–Crippen LogP) is 0.211. The molecule has 0 aromatic heterocycles. The van der Waals surface area contributed by atoms with E-state index in [0.29, 0.717) is 0 Å². The zero-order chi connectivity index (χ0) is 15.4. The fourth-order valence-electron chi connectivity index (χ4n) is 4.09. The third kappa shape index (κ3) is 3.84. The Hall–Kier alpha value is -1.46. The first-order valence-electron chi connectivity index (χ1n) is 8.64. The fourth-order valence-corrected chi connectivity index (χ4v) is 4.09. The first-order chi connectivity index (χ1) is 10.7. The van der Waals surface area contributed by atoms with Crippen molar-refractivity contribution in [2.24, 2.45) is 0 Å². The van der Waals surface area contributed by atoms with Crippen molar-refractivity contribution < 1.29 is 14.7 Å². The summed E-state index contributed by atoms with van der Waals surface area (Å²) in [5.74, 6) is 0. The zero-order valence-corrected chi connectivity index (χ0v) is 13.2. The average molecular weight is 305 g/mol. The van der Waals surface area contributed by atoms with Crippen molar-refractivity contribution in [3.05, 3.63) is 39.9 Å². The molecule has 0 radical (unpaired) electrons. The molecule has 0 bridgehead atoms. The number of nitro benzene ring substituents is 1. The molecule has 1 aliphatic heterocycles. The number of benzene rings is 1. The van der Waals surface area contributed by atoms with Gasteiger partial charge in [0.05, 0.1) is 11.0 Å². The summed E-state index contributed by atoms with van der Waals surface area (Å²) in [7, 11) is 0. The minimum absolute atomic E-state index is 0.211. The van der Waals surface area contributed by atoms with Gasteiger partial charge in [-0.05, 0) is 25.7 Å². The van der Waals surface area contributed by atoms with Crippen LogP contribution in [0.3, 0.4) is 0 Å². The second-order valence-corrected chi connectivity index (χ2v) is 6.85. The number of hydrogen-bond acceptors (Lipinski definition) is 2. The van der Waals surface area contributed by atoms with Crippen molar-refractivity contribution >= 4 is 5.69 Å². The summed E-state index contributed by atoms with van der Waals surface area (Å²) in [4.78, 5) is 13.9. The third-order valence-corrected chi connectivity index (χ3v) is 5.36. The van der Waals surface area contributed by atoms with E-state index < -0.39 is 0 Å². The summed E-state index contributed by atoms with van der Waals surface area (Å²) in [6, 6.07) is 8.02. The van der Waals surface area contributed by atoms with Gasteiger partial charge in [-0.1, -0.05) is 18.6 Å². The fraction of sp³-hybridized carbons (Fsp3) is 0.647. The van der Waals surface area contributed by atoms with Crippen LogP contribution in [0.2, 0.25) is 0 Å². The van der Waals surface area contributed by atoms with Gasteiger partial charge in [-0.3, -0.25) is 10.1 Å². The molecule has 120 valence electrons. The van der Waals surface area contributed by atoms with Crippen molar-refractivity contribution in [3.63, 3.8) is 0 Å². The highest BCUT2D eigenvalue weighted by atomic mass is 16.6. The molecular formula is C17H27N3O2+2. The minimum Gasteiger partial charge on any atom is -0.323 e. The quantitative estimate of drug-likeness (QED) is 0.617. The molecule has 0 unspecified atom stereocenters. The maximum Gasteiger partial charge on any atom is 0.269 e. The van der Waals surface area contributed by atoms with E-state index in [2.05, 4.69) is 0 Å². The summed E-state index contributed by atoms with van der Waals surface area (Å²) in [6.07, 6.45) is 7.08. The number of quaternary nitrogens is 2. The molecule has 3 rings (SSSR count). The number of non-ortho nitro benzene ring substituents is 1. The Bertz CT molecular complexity index is 506. The molecule has 2 N–H and O–H groups in total. The van der Waals surface area contributed by atoms with E-state index in [1.165, 1.54) is 58.3 Å². The molecule has 1 saturated carbocycles. The first kappa shape index (κ1) is 15.4. The van der Waals surface area contributed by atoms with Gasteiger partial charge in [0.2, 0.25) is 0 Å². The standard InChI is InChI=1S/C17H25N3O2/c21-20(22)17-8-4-5-15(13-17)14-18-9-11-19(12-10-18)16-6-2-1-3-7-16/h4-5,8,13,16H,1-3,6-7,9-12,14H2/p+2. The first-order valence-corrected chi connectivity index (χ1v) is 8.64. The van der Waals surface area contributed by atoms with Crippen LogP contribution < -0.4 is 9.80 Å². The largest absolute Gasteiger partial charge is 0.323 e. The second-order valence-electron chi connectivity index (χ2n) is 6.85. The van der Waals surface area contributed by atoms with Gasteiger partial charge < -0.3 is 9.80 Å². The van der Waals surface area contributed by atoms with E-state index in [4.69, 9.17) is 0 Å². The van der Waals surface area contributed by atoms with Gasteiger partial charge in [0, 0.05) is 17.7 Å². The van der Waals surface area contributed by atoms with Gasteiger partial charge >= 0.3 is 0 Å². The normalized spacial score (nSPS) is 26.7. The Morgan fingerprint density at radius 2 is 1.82 bits per heavy atom. The maximum atomic E-state index is 10.9. The van der Waals surface area contributed by atoms with E-state index in [1.807, 2.05) is 11.0 Å². The molecule has 0 amide bonds. The molecule has 5 heteroatoms. The monoisotopic (exact) mass is 305 g/mol. The number of hydrogen-bond donors (Lipinski definition) is 2. The summed E-state index contributed by atoms with van der Waals surface area (Å²) in [5, 5.41) is 10.9. The Morgan fingerprint density at radius 3 is 2.50 bits per heavy atom. The van der Waals surface area contributed by atoms with Gasteiger partial charge in [-0.2, -0.15) is 0 Å². The topological polar surface area (TPSA) is 52.0 Å². The molecular weight excluding hydrogens is 278 g/mol. The van der Waals surface area contributed by atoms with Crippen LogP contribution in [0.4, 0.5) is 5.69 Å². The van der Waals surface area contributed by atoms with Crippen molar-refractivity contribution in [3.8, 4) is 0 Å². The van der Waals surface area contributed by atoms with E-state index in [0.717, 1.165) is 18.2 Å². The molecule has 2 aliphatic rings. The van der Waals surface area contributed by atoms with Crippen molar-refractivity contribution in [1.29, 1.82) is 0 Å². The van der Waals surface area contributed by atoms with Crippen molar-refractivity contribution in [1.82, 2.24) is 0 Å². The van der Waals surface area contributed by atoms with Crippen LogP contribution in [0.25, 0.3) is 0 Å². The minimum atomic E-state index is -0.302. The van der Waals surface area contributed by atoms with Crippen LogP contribution in [0.1, 0.15) is 37.7 Å². The average Bonchev–Trinajstić information content (AvgIpc) is 2.56. The highest BCUT2D eigenvalue weighted by molar-refractivity contribution is 5.33. The van der Waals surface area contributed by atoms with Gasteiger partial charge in [-0.25, -0.2) is 0 Å². The Labute approximate surface area is 132 Å². The van der Waals surface area contributed by atoms with Crippen LogP contribution in [0, 0.1) is 10.1 Å². The van der Waals surface area contributed by atoms with Crippen LogP contribution >= 0.6 is 0 Å². The summed E-state index contributed by atoms with van der Waals surface area (Å²) in [5.41, 5.74) is 1.30. The lowest BCUT2D eigenvalue weighted by Crippen LogP contribution is -3.29. The van der Waals surface area contributed by atoms with E-state index in [-0.39, 0.29) is 10.6 Å². The van der Waals surface area contributed by atoms with Gasteiger partial charge in [0.15, 0.2) is 0 Å². The van der Waals surface area contributed by atoms with Crippen LogP contribution in [0.5, 0.6) is 0 Å².